The molecule has 2 heterocycles. The average Bonchev–Trinajstić information content (AvgIpc) is 3.30. The van der Waals surface area contributed by atoms with E-state index in [1.807, 2.05) is 13.0 Å². The molecule has 0 fully saturated rings. The normalized spacial score (nSPS) is 16.9. The monoisotopic (exact) mass is 403 g/mol. The largest absolute Gasteiger partial charge is 0.505 e. The summed E-state index contributed by atoms with van der Waals surface area (Å²) >= 11 is -1.79. The van der Waals surface area contributed by atoms with E-state index >= 15 is 0 Å². The number of anilines is 1. The molecule has 1 aliphatic heterocycles. The van der Waals surface area contributed by atoms with Crippen LogP contribution in [0.4, 0.5) is 5.69 Å². The summed E-state index contributed by atoms with van der Waals surface area (Å²) in [5.41, 5.74) is 0.397. The zero-order valence-electron chi connectivity index (χ0n) is 15.7. The Kier molecular flexibility index (Phi) is 5.78. The third-order valence-corrected chi connectivity index (χ3v) is 4.77. The van der Waals surface area contributed by atoms with E-state index in [0.717, 1.165) is 0 Å². The van der Waals surface area contributed by atoms with Crippen molar-refractivity contribution in [1.29, 1.82) is 0 Å². The minimum Gasteiger partial charge on any atom is -0.505 e. The first kappa shape index (κ1) is 19.6. The number of para-hydroxylation sites is 1. The van der Waals surface area contributed by atoms with Crippen molar-refractivity contribution < 1.29 is 18.5 Å². The maximum Gasteiger partial charge on any atom is 0.269 e. The highest BCUT2D eigenvalue weighted by Crippen LogP contribution is 2.29. The molecule has 2 atom stereocenters. The number of carbonyl (C=O) groups excluding carboxylic acids is 1. The maximum atomic E-state index is 12.2. The van der Waals surface area contributed by atoms with Crippen molar-refractivity contribution in [2.45, 2.75) is 19.4 Å². The van der Waals surface area contributed by atoms with Crippen LogP contribution in [-0.4, -0.2) is 45.9 Å². The number of carbonyl (C=O) groups is 1. The van der Waals surface area contributed by atoms with E-state index in [1.165, 1.54) is 11.0 Å². The third kappa shape index (κ3) is 4.06. The molecule has 1 aliphatic rings. The van der Waals surface area contributed by atoms with Crippen LogP contribution in [0.3, 0.4) is 0 Å². The zero-order chi connectivity index (χ0) is 20.3. The number of rotatable bonds is 5. The minimum absolute atomic E-state index is 0.142. The van der Waals surface area contributed by atoms with Crippen LogP contribution in [0.15, 0.2) is 49.8 Å². The number of amides is 1. The molecule has 0 saturated heterocycles. The Bertz CT molecular complexity index is 953. The standard InChI is InChI=1S/C18H21N5O4S/c1-4-12(14-9-6-10-27-14)19-16-17(22-28(26)21-16)20-13-8-5-7-11(15(13)24)18(25)23(2)3/h5-10,12,24H,4H2,1-3H3,(H,19,21)(H,20,22)/t12-,28?/m1/s1. The fraction of sp³-hybridized carbons (Fsp3) is 0.278. The van der Waals surface area contributed by atoms with Gasteiger partial charge < -0.3 is 25.1 Å². The van der Waals surface area contributed by atoms with Crippen LogP contribution >= 0.6 is 0 Å². The molecule has 0 aliphatic carbocycles. The van der Waals surface area contributed by atoms with Crippen molar-refractivity contribution in [3.63, 3.8) is 0 Å². The van der Waals surface area contributed by atoms with E-state index in [-0.39, 0.29) is 40.6 Å². The molecule has 28 heavy (non-hydrogen) atoms. The van der Waals surface area contributed by atoms with E-state index in [4.69, 9.17) is 4.42 Å². The lowest BCUT2D eigenvalue weighted by molar-refractivity contribution is 0.0824. The molecule has 10 heteroatoms. The van der Waals surface area contributed by atoms with Crippen LogP contribution in [0.2, 0.25) is 0 Å². The number of benzene rings is 1. The second-order valence-corrected chi connectivity index (χ2v) is 7.08. The summed E-state index contributed by atoms with van der Waals surface area (Å²) in [7, 11) is 3.20. The summed E-state index contributed by atoms with van der Waals surface area (Å²) in [6.45, 7) is 1.97. The van der Waals surface area contributed by atoms with Gasteiger partial charge in [-0.05, 0) is 30.7 Å². The van der Waals surface area contributed by atoms with Crippen LogP contribution in [0.1, 0.15) is 35.5 Å². The minimum atomic E-state index is -1.79. The molecule has 1 amide bonds. The Balaban J connectivity index is 1.83. The molecule has 1 unspecified atom stereocenters. The Hall–Kier alpha value is -3.14. The summed E-state index contributed by atoms with van der Waals surface area (Å²) in [5.74, 6) is 0.634. The van der Waals surface area contributed by atoms with Gasteiger partial charge in [0.15, 0.2) is 17.4 Å². The maximum absolute atomic E-state index is 12.2. The number of aromatic hydroxyl groups is 1. The summed E-state index contributed by atoms with van der Waals surface area (Å²) in [4.78, 5) is 13.6. The number of hydrogen-bond donors (Lipinski definition) is 3. The van der Waals surface area contributed by atoms with Gasteiger partial charge in [0.05, 0.1) is 23.6 Å². The first-order chi connectivity index (χ1) is 13.4. The highest BCUT2D eigenvalue weighted by Gasteiger charge is 2.25. The predicted molar refractivity (Wildman–Crippen MR) is 108 cm³/mol. The lowest BCUT2D eigenvalue weighted by Crippen LogP contribution is -2.36. The van der Waals surface area contributed by atoms with Gasteiger partial charge in [-0.1, -0.05) is 13.0 Å². The molecule has 0 spiro atoms. The first-order valence-electron chi connectivity index (χ1n) is 8.61. The quantitative estimate of drug-likeness (QED) is 0.659. The van der Waals surface area contributed by atoms with Crippen molar-refractivity contribution in [1.82, 2.24) is 10.2 Å². The van der Waals surface area contributed by atoms with Gasteiger partial charge in [0.1, 0.15) is 5.76 Å². The molecule has 148 valence electrons. The van der Waals surface area contributed by atoms with Gasteiger partial charge in [-0.2, -0.15) is 0 Å². The molecular formula is C18H21N5O4S. The number of hydrogen-bond acceptors (Lipinski definition) is 6. The van der Waals surface area contributed by atoms with Crippen LogP contribution in [0, 0.1) is 0 Å². The molecule has 2 aromatic rings. The second kappa shape index (κ2) is 8.26. The SMILES string of the molecule is CC[C@@H](NC1=NS(=O)N=C1Nc1cccc(C(=O)N(C)C)c1O)c1ccco1. The second-order valence-electron chi connectivity index (χ2n) is 6.26. The number of phenolic OH excluding ortho intramolecular Hbond substituents is 1. The molecule has 3 N–H and O–H groups in total. The fourth-order valence-electron chi connectivity index (χ4n) is 2.65. The van der Waals surface area contributed by atoms with E-state index in [9.17, 15) is 14.1 Å². The topological polar surface area (TPSA) is 120 Å². The number of nitrogens with zero attached hydrogens (tertiary/aromatic N) is 3. The number of furan rings is 1. The van der Waals surface area contributed by atoms with Gasteiger partial charge in [-0.25, -0.2) is 4.21 Å². The van der Waals surface area contributed by atoms with Crippen LogP contribution in [0.25, 0.3) is 0 Å². The number of amidine groups is 2. The summed E-state index contributed by atoms with van der Waals surface area (Å²) in [6.07, 6.45) is 2.28. The Morgan fingerprint density at radius 3 is 2.64 bits per heavy atom. The smallest absolute Gasteiger partial charge is 0.269 e. The zero-order valence-corrected chi connectivity index (χ0v) is 16.5. The van der Waals surface area contributed by atoms with Crippen molar-refractivity contribution in [3.05, 3.63) is 47.9 Å². The molecule has 0 radical (unpaired) electrons. The van der Waals surface area contributed by atoms with E-state index < -0.39 is 11.2 Å². The molecule has 0 saturated carbocycles. The highest BCUT2D eigenvalue weighted by molar-refractivity contribution is 7.83. The van der Waals surface area contributed by atoms with Crippen LogP contribution < -0.4 is 10.6 Å². The summed E-state index contributed by atoms with van der Waals surface area (Å²) in [5, 5.41) is 16.6. The summed E-state index contributed by atoms with van der Waals surface area (Å²) in [6, 6.07) is 8.17. The fourth-order valence-corrected chi connectivity index (χ4v) is 3.28. The molecular weight excluding hydrogens is 382 g/mol. The molecule has 3 rings (SSSR count). The van der Waals surface area contributed by atoms with Gasteiger partial charge in [0.2, 0.25) is 0 Å². The lowest BCUT2D eigenvalue weighted by Gasteiger charge is -2.18. The molecule has 1 aromatic heterocycles. The van der Waals surface area contributed by atoms with E-state index in [0.29, 0.717) is 12.2 Å². The third-order valence-electron chi connectivity index (χ3n) is 4.09. The van der Waals surface area contributed by atoms with E-state index in [2.05, 4.69) is 19.4 Å². The van der Waals surface area contributed by atoms with Crippen LogP contribution in [-0.2, 0) is 11.2 Å². The average molecular weight is 403 g/mol. The molecule has 9 nitrogen and oxygen atoms in total. The molecule has 0 bridgehead atoms. The van der Waals surface area contributed by atoms with Gasteiger partial charge in [-0.3, -0.25) is 4.79 Å². The van der Waals surface area contributed by atoms with Crippen LogP contribution in [0.5, 0.6) is 5.75 Å². The first-order valence-corrected chi connectivity index (χ1v) is 9.67. The van der Waals surface area contributed by atoms with Gasteiger partial charge in [0, 0.05) is 14.1 Å². The van der Waals surface area contributed by atoms with Crippen molar-refractivity contribution >= 4 is 34.4 Å². The van der Waals surface area contributed by atoms with E-state index in [1.54, 1.807) is 38.6 Å². The summed E-state index contributed by atoms with van der Waals surface area (Å²) < 4.78 is 25.2. The highest BCUT2D eigenvalue weighted by atomic mass is 32.2. The lowest BCUT2D eigenvalue weighted by atomic mass is 10.1. The van der Waals surface area contributed by atoms with Gasteiger partial charge in [-0.15, -0.1) is 8.80 Å². The predicted octanol–water partition coefficient (Wildman–Crippen LogP) is 2.23. The number of phenols is 1. The molecule has 1 aromatic carbocycles. The Morgan fingerprint density at radius 1 is 1.25 bits per heavy atom. The Morgan fingerprint density at radius 2 is 2.00 bits per heavy atom. The van der Waals surface area contributed by atoms with Gasteiger partial charge >= 0.3 is 0 Å². The van der Waals surface area contributed by atoms with Crippen molar-refractivity contribution in [2.75, 3.05) is 19.4 Å². The van der Waals surface area contributed by atoms with Crippen molar-refractivity contribution in [2.24, 2.45) is 8.80 Å². The number of nitrogens with one attached hydrogen (secondary N) is 2. The van der Waals surface area contributed by atoms with Crippen molar-refractivity contribution in [3.8, 4) is 5.75 Å². The van der Waals surface area contributed by atoms with Gasteiger partial charge in [0.25, 0.3) is 17.1 Å². The Labute approximate surface area is 164 Å².